The van der Waals surface area contributed by atoms with Gasteiger partial charge in [-0.25, -0.2) is 0 Å². The molecule has 100 valence electrons. The lowest BCUT2D eigenvalue weighted by Crippen LogP contribution is -2.40. The second kappa shape index (κ2) is 6.63. The highest BCUT2D eigenvalue weighted by molar-refractivity contribution is 7.99. The largest absolute Gasteiger partial charge is 0.314 e. The fraction of sp³-hybridized carbons (Fsp3) is 0.625. The number of thioether (sulfide) groups is 1. The van der Waals surface area contributed by atoms with Crippen LogP contribution in [0, 0.1) is 6.92 Å². The van der Waals surface area contributed by atoms with Crippen molar-refractivity contribution in [3.63, 3.8) is 0 Å². The molecule has 0 aliphatic heterocycles. The first-order valence-electron chi connectivity index (χ1n) is 7.01. The summed E-state index contributed by atoms with van der Waals surface area (Å²) in [7, 11) is 0. The maximum Gasteiger partial charge on any atom is 0.00787 e. The highest BCUT2D eigenvalue weighted by Gasteiger charge is 2.29. The first kappa shape index (κ1) is 14.0. The smallest absolute Gasteiger partial charge is 0.00787 e. The lowest BCUT2D eigenvalue weighted by Gasteiger charge is -2.36. The number of rotatable bonds is 6. The van der Waals surface area contributed by atoms with Gasteiger partial charge < -0.3 is 5.32 Å². The van der Waals surface area contributed by atoms with Gasteiger partial charge in [0.05, 0.1) is 0 Å². The van der Waals surface area contributed by atoms with Crippen molar-refractivity contribution >= 4 is 11.8 Å². The molecule has 1 atom stereocenters. The Bertz CT molecular complexity index is 354. The van der Waals surface area contributed by atoms with Gasteiger partial charge in [0, 0.05) is 11.3 Å². The van der Waals surface area contributed by atoms with Crippen LogP contribution in [0.3, 0.4) is 0 Å². The van der Waals surface area contributed by atoms with Gasteiger partial charge in [-0.15, -0.1) is 0 Å². The van der Waals surface area contributed by atoms with Crippen LogP contribution in [-0.4, -0.2) is 24.1 Å². The van der Waals surface area contributed by atoms with Crippen molar-refractivity contribution in [2.75, 3.05) is 12.8 Å². The van der Waals surface area contributed by atoms with Gasteiger partial charge in [-0.2, -0.15) is 11.8 Å². The predicted molar refractivity (Wildman–Crippen MR) is 82.5 cm³/mol. The molecule has 1 aromatic carbocycles. The molecule has 2 heteroatoms. The zero-order chi connectivity index (χ0) is 13.0. The highest BCUT2D eigenvalue weighted by atomic mass is 32.2. The molecule has 1 N–H and O–H groups in total. The van der Waals surface area contributed by atoms with Crippen molar-refractivity contribution in [1.29, 1.82) is 0 Å². The van der Waals surface area contributed by atoms with E-state index in [1.807, 2.05) is 11.8 Å². The summed E-state index contributed by atoms with van der Waals surface area (Å²) < 4.78 is 0. The molecular weight excluding hydrogens is 238 g/mol. The zero-order valence-corrected chi connectivity index (χ0v) is 12.6. The van der Waals surface area contributed by atoms with E-state index in [1.54, 1.807) is 0 Å². The number of benzene rings is 1. The maximum atomic E-state index is 3.68. The molecule has 2 rings (SSSR count). The average molecular weight is 263 g/mol. The molecule has 1 nitrogen and oxygen atoms in total. The van der Waals surface area contributed by atoms with Crippen LogP contribution in [0.5, 0.6) is 0 Å². The minimum atomic E-state index is 0.755. The van der Waals surface area contributed by atoms with E-state index < -0.39 is 0 Å². The lowest BCUT2D eigenvalue weighted by atomic mass is 9.76. The summed E-state index contributed by atoms with van der Waals surface area (Å²) in [5, 5.41) is 4.46. The quantitative estimate of drug-likeness (QED) is 0.833. The molecule has 1 aliphatic rings. The molecule has 1 aliphatic carbocycles. The fourth-order valence-electron chi connectivity index (χ4n) is 2.50. The van der Waals surface area contributed by atoms with E-state index in [1.165, 1.54) is 36.9 Å². The molecule has 0 radical (unpaired) electrons. The first-order chi connectivity index (χ1) is 8.69. The fourth-order valence-corrected chi connectivity index (χ4v) is 2.86. The number of hydrogen-bond acceptors (Lipinski definition) is 2. The van der Waals surface area contributed by atoms with Crippen molar-refractivity contribution in [2.24, 2.45) is 0 Å². The summed E-state index contributed by atoms with van der Waals surface area (Å²) >= 11 is 1.96. The Kier molecular flexibility index (Phi) is 5.13. The van der Waals surface area contributed by atoms with Crippen molar-refractivity contribution in [1.82, 2.24) is 5.32 Å². The molecule has 0 bridgehead atoms. The SMILES string of the molecule is CSC(C)CCNC1CC(c2ccc(C)cc2)C1. The summed E-state index contributed by atoms with van der Waals surface area (Å²) in [5.74, 6) is 0.793. The van der Waals surface area contributed by atoms with Crippen LogP contribution in [0.4, 0.5) is 0 Å². The Morgan fingerprint density at radius 1 is 1.28 bits per heavy atom. The van der Waals surface area contributed by atoms with E-state index in [9.17, 15) is 0 Å². The minimum Gasteiger partial charge on any atom is -0.314 e. The third-order valence-corrected chi connectivity index (χ3v) is 5.11. The first-order valence-corrected chi connectivity index (χ1v) is 8.30. The molecule has 18 heavy (non-hydrogen) atoms. The van der Waals surface area contributed by atoms with E-state index in [2.05, 4.69) is 49.7 Å². The van der Waals surface area contributed by atoms with Crippen LogP contribution < -0.4 is 5.32 Å². The van der Waals surface area contributed by atoms with Gasteiger partial charge in [0.1, 0.15) is 0 Å². The molecule has 0 spiro atoms. The van der Waals surface area contributed by atoms with Gasteiger partial charge in [-0.1, -0.05) is 36.8 Å². The van der Waals surface area contributed by atoms with Gasteiger partial charge in [0.25, 0.3) is 0 Å². The predicted octanol–water partition coefficient (Wildman–Crippen LogP) is 3.97. The second-order valence-electron chi connectivity index (χ2n) is 5.57. The Morgan fingerprint density at radius 2 is 1.94 bits per heavy atom. The lowest BCUT2D eigenvalue weighted by molar-refractivity contribution is 0.291. The summed E-state index contributed by atoms with van der Waals surface area (Å²) in [5.41, 5.74) is 2.88. The molecule has 1 fully saturated rings. The molecule has 0 saturated heterocycles. The van der Waals surface area contributed by atoms with Crippen LogP contribution in [0.25, 0.3) is 0 Å². The molecular formula is C16H25NS. The highest BCUT2D eigenvalue weighted by Crippen LogP contribution is 2.36. The molecule has 0 amide bonds. The summed E-state index contributed by atoms with van der Waals surface area (Å²) in [6.07, 6.45) is 6.11. The van der Waals surface area contributed by atoms with Gasteiger partial charge in [-0.05, 0) is 50.5 Å². The van der Waals surface area contributed by atoms with Crippen molar-refractivity contribution in [2.45, 2.75) is 50.3 Å². The van der Waals surface area contributed by atoms with E-state index >= 15 is 0 Å². The van der Waals surface area contributed by atoms with Gasteiger partial charge in [-0.3, -0.25) is 0 Å². The minimum absolute atomic E-state index is 0.755. The molecule has 1 unspecified atom stereocenters. The molecule has 0 aromatic heterocycles. The third kappa shape index (κ3) is 3.76. The third-order valence-electron chi connectivity index (χ3n) is 4.07. The van der Waals surface area contributed by atoms with Crippen molar-refractivity contribution in [3.05, 3.63) is 35.4 Å². The number of nitrogens with one attached hydrogen (secondary N) is 1. The molecule has 1 aromatic rings. The average Bonchev–Trinajstić information content (AvgIpc) is 2.33. The van der Waals surface area contributed by atoms with Crippen LogP contribution in [0.1, 0.15) is 43.2 Å². The van der Waals surface area contributed by atoms with Gasteiger partial charge >= 0.3 is 0 Å². The Hall–Kier alpha value is -0.470. The van der Waals surface area contributed by atoms with Gasteiger partial charge in [0.15, 0.2) is 0 Å². The van der Waals surface area contributed by atoms with Gasteiger partial charge in [0.2, 0.25) is 0 Å². The van der Waals surface area contributed by atoms with Crippen LogP contribution in [0.2, 0.25) is 0 Å². The number of hydrogen-bond donors (Lipinski definition) is 1. The van der Waals surface area contributed by atoms with Crippen LogP contribution >= 0.6 is 11.8 Å². The van der Waals surface area contributed by atoms with E-state index in [0.29, 0.717) is 0 Å². The van der Waals surface area contributed by atoms with E-state index in [0.717, 1.165) is 17.2 Å². The van der Waals surface area contributed by atoms with Crippen molar-refractivity contribution in [3.8, 4) is 0 Å². The Labute approximate surface area is 116 Å². The number of aryl methyl sites for hydroxylation is 1. The Balaban J connectivity index is 1.66. The summed E-state index contributed by atoms with van der Waals surface area (Å²) in [6, 6.07) is 9.81. The topological polar surface area (TPSA) is 12.0 Å². The molecule has 1 saturated carbocycles. The second-order valence-corrected chi connectivity index (χ2v) is 6.84. The van der Waals surface area contributed by atoms with E-state index in [4.69, 9.17) is 0 Å². The monoisotopic (exact) mass is 263 g/mol. The summed E-state index contributed by atoms with van der Waals surface area (Å²) in [4.78, 5) is 0. The summed E-state index contributed by atoms with van der Waals surface area (Å²) in [6.45, 7) is 5.64. The standard InChI is InChI=1S/C16H25NS/c1-12-4-6-14(7-5-12)15-10-16(11-15)17-9-8-13(2)18-3/h4-7,13,15-17H,8-11H2,1-3H3. The molecule has 0 heterocycles. The normalized spacial score (nSPS) is 24.6. The van der Waals surface area contributed by atoms with Crippen molar-refractivity contribution < 1.29 is 0 Å². The Morgan fingerprint density at radius 3 is 2.56 bits per heavy atom. The maximum absolute atomic E-state index is 3.68. The van der Waals surface area contributed by atoms with E-state index in [-0.39, 0.29) is 0 Å². The van der Waals surface area contributed by atoms with Crippen LogP contribution in [0.15, 0.2) is 24.3 Å². The van der Waals surface area contributed by atoms with Crippen LogP contribution in [-0.2, 0) is 0 Å². The zero-order valence-electron chi connectivity index (χ0n) is 11.8.